The monoisotopic (exact) mass is 218 g/mol. The standard InChI is InChI=1S/C12H14N2O2/c1-9(7-13)8-14-11-5-3-10(4-6-11)12(15)16-2/h3-6,9,14H,8H2,1-2H3. The molecule has 1 aromatic carbocycles. The summed E-state index contributed by atoms with van der Waals surface area (Å²) in [4.78, 5) is 11.2. The Morgan fingerprint density at radius 1 is 1.50 bits per heavy atom. The van der Waals surface area contributed by atoms with E-state index in [1.165, 1.54) is 7.11 Å². The molecule has 4 heteroatoms. The molecule has 0 heterocycles. The first-order valence-corrected chi connectivity index (χ1v) is 4.99. The lowest BCUT2D eigenvalue weighted by Crippen LogP contribution is -2.09. The van der Waals surface area contributed by atoms with E-state index in [9.17, 15) is 4.79 Å². The zero-order chi connectivity index (χ0) is 12.0. The smallest absolute Gasteiger partial charge is 0.337 e. The molecule has 4 nitrogen and oxygen atoms in total. The van der Waals surface area contributed by atoms with Crippen LogP contribution in [-0.4, -0.2) is 19.6 Å². The summed E-state index contributed by atoms with van der Waals surface area (Å²) >= 11 is 0. The first kappa shape index (κ1) is 12.1. The summed E-state index contributed by atoms with van der Waals surface area (Å²) in [5.41, 5.74) is 1.40. The summed E-state index contributed by atoms with van der Waals surface area (Å²) < 4.78 is 4.59. The molecule has 16 heavy (non-hydrogen) atoms. The predicted octanol–water partition coefficient (Wildman–Crippen LogP) is 2.04. The zero-order valence-corrected chi connectivity index (χ0v) is 9.36. The van der Waals surface area contributed by atoms with Gasteiger partial charge in [-0.25, -0.2) is 4.79 Å². The Morgan fingerprint density at radius 2 is 2.12 bits per heavy atom. The second kappa shape index (κ2) is 5.76. The third-order valence-electron chi connectivity index (χ3n) is 2.14. The van der Waals surface area contributed by atoms with Gasteiger partial charge in [-0.3, -0.25) is 0 Å². The normalized spacial score (nSPS) is 11.3. The van der Waals surface area contributed by atoms with Gasteiger partial charge in [-0.15, -0.1) is 0 Å². The summed E-state index contributed by atoms with van der Waals surface area (Å²) in [6.45, 7) is 2.43. The number of nitrogens with zero attached hydrogens (tertiary/aromatic N) is 1. The van der Waals surface area contributed by atoms with Gasteiger partial charge in [0.2, 0.25) is 0 Å². The van der Waals surface area contributed by atoms with Gasteiger partial charge in [-0.05, 0) is 31.2 Å². The number of benzene rings is 1. The van der Waals surface area contributed by atoms with Gasteiger partial charge in [-0.1, -0.05) is 0 Å². The van der Waals surface area contributed by atoms with Gasteiger partial charge in [0, 0.05) is 12.2 Å². The molecule has 1 aromatic rings. The first-order chi connectivity index (χ1) is 7.67. The number of esters is 1. The molecule has 0 bridgehead atoms. The second-order valence-electron chi connectivity index (χ2n) is 3.48. The number of anilines is 1. The van der Waals surface area contributed by atoms with Crippen LogP contribution in [0.2, 0.25) is 0 Å². The van der Waals surface area contributed by atoms with Crippen molar-refractivity contribution in [3.05, 3.63) is 29.8 Å². The summed E-state index contributed by atoms with van der Waals surface area (Å²) in [6, 6.07) is 9.08. The fourth-order valence-corrected chi connectivity index (χ4v) is 1.16. The van der Waals surface area contributed by atoms with E-state index < -0.39 is 0 Å². The molecular formula is C12H14N2O2. The maximum Gasteiger partial charge on any atom is 0.337 e. The molecule has 0 saturated heterocycles. The van der Waals surface area contributed by atoms with Gasteiger partial charge >= 0.3 is 5.97 Å². The Hall–Kier alpha value is -2.02. The average Bonchev–Trinajstić information content (AvgIpc) is 2.35. The van der Waals surface area contributed by atoms with Crippen molar-refractivity contribution in [3.63, 3.8) is 0 Å². The van der Waals surface area contributed by atoms with E-state index in [1.54, 1.807) is 24.3 Å². The van der Waals surface area contributed by atoms with Crippen molar-refractivity contribution in [3.8, 4) is 6.07 Å². The minimum absolute atomic E-state index is 0.0414. The SMILES string of the molecule is COC(=O)c1ccc(NCC(C)C#N)cc1. The number of ether oxygens (including phenoxy) is 1. The van der Waals surface area contributed by atoms with Crippen LogP contribution in [0.1, 0.15) is 17.3 Å². The lowest BCUT2D eigenvalue weighted by atomic mass is 10.2. The average molecular weight is 218 g/mol. The Balaban J connectivity index is 2.59. The number of carbonyl (C=O) groups is 1. The van der Waals surface area contributed by atoms with Crippen molar-refractivity contribution in [2.24, 2.45) is 5.92 Å². The summed E-state index contributed by atoms with van der Waals surface area (Å²) in [5.74, 6) is -0.391. The Kier molecular flexibility index (Phi) is 4.34. The maximum absolute atomic E-state index is 11.2. The molecule has 0 saturated carbocycles. The van der Waals surface area contributed by atoms with Gasteiger partial charge < -0.3 is 10.1 Å². The van der Waals surface area contributed by atoms with Gasteiger partial charge in [0.25, 0.3) is 0 Å². The van der Waals surface area contributed by atoms with Crippen LogP contribution < -0.4 is 5.32 Å². The van der Waals surface area contributed by atoms with E-state index in [-0.39, 0.29) is 11.9 Å². The van der Waals surface area contributed by atoms with E-state index >= 15 is 0 Å². The van der Waals surface area contributed by atoms with E-state index in [0.29, 0.717) is 12.1 Å². The van der Waals surface area contributed by atoms with Gasteiger partial charge in [0.15, 0.2) is 0 Å². The van der Waals surface area contributed by atoms with E-state index in [2.05, 4.69) is 16.1 Å². The highest BCUT2D eigenvalue weighted by atomic mass is 16.5. The number of nitrogens with one attached hydrogen (secondary N) is 1. The third-order valence-corrected chi connectivity index (χ3v) is 2.14. The van der Waals surface area contributed by atoms with Crippen molar-refractivity contribution in [2.45, 2.75) is 6.92 Å². The van der Waals surface area contributed by atoms with Crippen LogP contribution in [0.15, 0.2) is 24.3 Å². The Labute approximate surface area is 94.8 Å². The molecule has 1 atom stereocenters. The number of methoxy groups -OCH3 is 1. The van der Waals surface area contributed by atoms with E-state index in [4.69, 9.17) is 5.26 Å². The molecule has 1 rings (SSSR count). The van der Waals surface area contributed by atoms with Crippen molar-refractivity contribution >= 4 is 11.7 Å². The lowest BCUT2D eigenvalue weighted by Gasteiger charge is -2.07. The number of rotatable bonds is 4. The van der Waals surface area contributed by atoms with E-state index in [1.807, 2.05) is 6.92 Å². The highest BCUT2D eigenvalue weighted by Gasteiger charge is 2.04. The fourth-order valence-electron chi connectivity index (χ4n) is 1.16. The molecule has 0 aromatic heterocycles. The van der Waals surface area contributed by atoms with Gasteiger partial charge in [-0.2, -0.15) is 5.26 Å². The molecule has 0 spiro atoms. The number of nitriles is 1. The Bertz CT molecular complexity index is 392. The zero-order valence-electron chi connectivity index (χ0n) is 9.36. The summed E-state index contributed by atoms with van der Waals surface area (Å²) in [6.07, 6.45) is 0. The van der Waals surface area contributed by atoms with Crippen molar-refractivity contribution < 1.29 is 9.53 Å². The molecular weight excluding hydrogens is 204 g/mol. The third kappa shape index (κ3) is 3.28. The van der Waals surface area contributed by atoms with Crippen LogP contribution in [0, 0.1) is 17.2 Å². The highest BCUT2D eigenvalue weighted by Crippen LogP contribution is 2.10. The Morgan fingerprint density at radius 3 is 2.62 bits per heavy atom. The quantitative estimate of drug-likeness (QED) is 0.785. The van der Waals surface area contributed by atoms with E-state index in [0.717, 1.165) is 5.69 Å². The maximum atomic E-state index is 11.2. The van der Waals surface area contributed by atoms with Crippen LogP contribution in [0.25, 0.3) is 0 Å². The second-order valence-corrected chi connectivity index (χ2v) is 3.48. The van der Waals surface area contributed by atoms with Crippen LogP contribution in [0.3, 0.4) is 0 Å². The van der Waals surface area contributed by atoms with Crippen molar-refractivity contribution in [1.82, 2.24) is 0 Å². The molecule has 0 aliphatic carbocycles. The number of carbonyl (C=O) groups excluding carboxylic acids is 1. The first-order valence-electron chi connectivity index (χ1n) is 4.99. The van der Waals surface area contributed by atoms with Crippen molar-refractivity contribution in [2.75, 3.05) is 19.0 Å². The minimum Gasteiger partial charge on any atom is -0.465 e. The number of hydrogen-bond acceptors (Lipinski definition) is 4. The van der Waals surface area contributed by atoms with Crippen LogP contribution in [-0.2, 0) is 4.74 Å². The predicted molar refractivity (Wildman–Crippen MR) is 61.0 cm³/mol. The lowest BCUT2D eigenvalue weighted by molar-refractivity contribution is 0.0601. The number of hydrogen-bond donors (Lipinski definition) is 1. The molecule has 0 amide bonds. The molecule has 84 valence electrons. The van der Waals surface area contributed by atoms with Crippen LogP contribution in [0.5, 0.6) is 0 Å². The summed E-state index contributed by atoms with van der Waals surface area (Å²) in [5, 5.41) is 11.7. The highest BCUT2D eigenvalue weighted by molar-refractivity contribution is 5.89. The molecule has 0 fully saturated rings. The molecule has 1 unspecified atom stereocenters. The van der Waals surface area contributed by atoms with Crippen molar-refractivity contribution in [1.29, 1.82) is 5.26 Å². The minimum atomic E-state index is -0.350. The molecule has 0 aliphatic heterocycles. The van der Waals surface area contributed by atoms with Crippen LogP contribution in [0.4, 0.5) is 5.69 Å². The fraction of sp³-hybridized carbons (Fsp3) is 0.333. The molecule has 0 aliphatic rings. The molecule has 1 N–H and O–H groups in total. The summed E-state index contributed by atoms with van der Waals surface area (Å²) in [7, 11) is 1.35. The largest absolute Gasteiger partial charge is 0.465 e. The van der Waals surface area contributed by atoms with Gasteiger partial charge in [0.05, 0.1) is 24.7 Å². The molecule has 0 radical (unpaired) electrons. The van der Waals surface area contributed by atoms with Crippen LogP contribution >= 0.6 is 0 Å². The topological polar surface area (TPSA) is 62.1 Å². The van der Waals surface area contributed by atoms with Gasteiger partial charge in [0.1, 0.15) is 0 Å².